The number of nitrogens with two attached hydrogens (primary N) is 1. The predicted molar refractivity (Wildman–Crippen MR) is 87.4 cm³/mol. The van der Waals surface area contributed by atoms with Gasteiger partial charge in [-0.3, -0.25) is 5.32 Å². The molecule has 3 N–H and O–H groups in total. The third-order valence-electron chi connectivity index (χ3n) is 3.91. The summed E-state index contributed by atoms with van der Waals surface area (Å²) in [5.74, 6) is 0.785. The van der Waals surface area contributed by atoms with Gasteiger partial charge in [0.15, 0.2) is 0 Å². The van der Waals surface area contributed by atoms with E-state index in [4.69, 9.17) is 15.2 Å². The van der Waals surface area contributed by atoms with Gasteiger partial charge in [0.25, 0.3) is 0 Å². The van der Waals surface area contributed by atoms with Crippen LogP contribution in [0.5, 0.6) is 5.75 Å². The number of amides is 1. The van der Waals surface area contributed by atoms with Crippen molar-refractivity contribution in [3.05, 3.63) is 23.8 Å². The Balaban J connectivity index is 2.25. The van der Waals surface area contributed by atoms with Crippen LogP contribution in [-0.2, 0) is 10.2 Å². The Morgan fingerprint density at radius 3 is 2.55 bits per heavy atom. The van der Waals surface area contributed by atoms with Gasteiger partial charge in [0.2, 0.25) is 0 Å². The molecule has 1 aliphatic rings. The lowest BCUT2D eigenvalue weighted by atomic mass is 9.90. The highest BCUT2D eigenvalue weighted by Gasteiger charge is 2.45. The molecule has 1 saturated carbocycles. The van der Waals surface area contributed by atoms with Gasteiger partial charge in [-0.05, 0) is 75.8 Å². The lowest BCUT2D eigenvalue weighted by Crippen LogP contribution is -2.28. The van der Waals surface area contributed by atoms with Gasteiger partial charge < -0.3 is 15.2 Å². The average molecular weight is 306 g/mol. The molecule has 0 unspecified atom stereocenters. The molecule has 1 aromatic rings. The number of hydrogen-bond donors (Lipinski definition) is 2. The Kier molecular flexibility index (Phi) is 4.66. The summed E-state index contributed by atoms with van der Waals surface area (Å²) in [6, 6.07) is 5.71. The highest BCUT2D eigenvalue weighted by molar-refractivity contribution is 5.86. The average Bonchev–Trinajstić information content (AvgIpc) is 3.18. The minimum Gasteiger partial charge on any atom is -0.497 e. The van der Waals surface area contributed by atoms with Crippen molar-refractivity contribution < 1.29 is 14.3 Å². The molecule has 1 fully saturated rings. The Morgan fingerprint density at radius 1 is 1.36 bits per heavy atom. The second-order valence-electron chi connectivity index (χ2n) is 6.86. The van der Waals surface area contributed by atoms with E-state index in [1.54, 1.807) is 7.11 Å². The Labute approximate surface area is 132 Å². The van der Waals surface area contributed by atoms with Crippen LogP contribution in [0.25, 0.3) is 0 Å². The molecule has 122 valence electrons. The van der Waals surface area contributed by atoms with Gasteiger partial charge in [-0.1, -0.05) is 0 Å². The standard InChI is InChI=1S/C17H26N2O3/c1-16(2,3)22-15(20)19-14-6-5-12(21-4)11-13(14)17(7-8-17)9-10-18/h5-6,11H,7-10,18H2,1-4H3,(H,19,20). The first kappa shape index (κ1) is 16.6. The van der Waals surface area contributed by atoms with Crippen LogP contribution in [0, 0.1) is 0 Å². The number of hydrogen-bond acceptors (Lipinski definition) is 4. The molecule has 5 nitrogen and oxygen atoms in total. The third-order valence-corrected chi connectivity index (χ3v) is 3.91. The molecular weight excluding hydrogens is 280 g/mol. The van der Waals surface area contributed by atoms with E-state index in [-0.39, 0.29) is 5.41 Å². The van der Waals surface area contributed by atoms with E-state index < -0.39 is 11.7 Å². The van der Waals surface area contributed by atoms with Gasteiger partial charge in [-0.2, -0.15) is 0 Å². The van der Waals surface area contributed by atoms with Crippen molar-refractivity contribution in [2.75, 3.05) is 19.0 Å². The van der Waals surface area contributed by atoms with E-state index in [1.807, 2.05) is 39.0 Å². The fourth-order valence-electron chi connectivity index (χ4n) is 2.69. The minimum atomic E-state index is -0.523. The van der Waals surface area contributed by atoms with Crippen LogP contribution in [-0.4, -0.2) is 25.3 Å². The second-order valence-corrected chi connectivity index (χ2v) is 6.86. The van der Waals surface area contributed by atoms with Gasteiger partial charge in [0.1, 0.15) is 11.4 Å². The van der Waals surface area contributed by atoms with Crippen LogP contribution >= 0.6 is 0 Å². The molecule has 5 heteroatoms. The summed E-state index contributed by atoms with van der Waals surface area (Å²) >= 11 is 0. The molecule has 22 heavy (non-hydrogen) atoms. The molecule has 1 aromatic carbocycles. The van der Waals surface area contributed by atoms with Crippen LogP contribution < -0.4 is 15.8 Å². The van der Waals surface area contributed by atoms with Crippen molar-refractivity contribution in [2.24, 2.45) is 5.73 Å². The van der Waals surface area contributed by atoms with E-state index >= 15 is 0 Å². The molecular formula is C17H26N2O3. The van der Waals surface area contributed by atoms with E-state index in [9.17, 15) is 4.79 Å². The molecule has 0 aliphatic heterocycles. The molecule has 0 atom stereocenters. The lowest BCUT2D eigenvalue weighted by Gasteiger charge is -2.23. The summed E-state index contributed by atoms with van der Waals surface area (Å²) in [7, 11) is 1.64. The van der Waals surface area contributed by atoms with E-state index in [0.717, 1.165) is 36.3 Å². The fourth-order valence-corrected chi connectivity index (χ4v) is 2.69. The molecule has 0 spiro atoms. The van der Waals surface area contributed by atoms with Gasteiger partial charge in [0, 0.05) is 5.69 Å². The SMILES string of the molecule is COc1ccc(NC(=O)OC(C)(C)C)c(C2(CCN)CC2)c1. The molecule has 0 saturated heterocycles. The summed E-state index contributed by atoms with van der Waals surface area (Å²) in [4.78, 5) is 12.1. The number of rotatable bonds is 5. The number of carbonyl (C=O) groups is 1. The van der Waals surface area contributed by atoms with E-state index in [2.05, 4.69) is 5.32 Å². The van der Waals surface area contributed by atoms with Crippen LogP contribution in [0.4, 0.5) is 10.5 Å². The monoisotopic (exact) mass is 306 g/mol. The third kappa shape index (κ3) is 3.91. The van der Waals surface area contributed by atoms with Gasteiger partial charge in [0.05, 0.1) is 7.11 Å². The van der Waals surface area contributed by atoms with Crippen molar-refractivity contribution in [1.82, 2.24) is 0 Å². The maximum absolute atomic E-state index is 12.1. The maximum Gasteiger partial charge on any atom is 0.412 e. The van der Waals surface area contributed by atoms with Crippen LogP contribution in [0.15, 0.2) is 18.2 Å². The number of nitrogens with one attached hydrogen (secondary N) is 1. The second kappa shape index (κ2) is 6.16. The first-order chi connectivity index (χ1) is 10.3. The molecule has 2 rings (SSSR count). The minimum absolute atomic E-state index is 0.0631. The zero-order valence-corrected chi connectivity index (χ0v) is 13.9. The van der Waals surface area contributed by atoms with Crippen molar-refractivity contribution in [3.63, 3.8) is 0 Å². The number of ether oxygens (including phenoxy) is 2. The van der Waals surface area contributed by atoms with Gasteiger partial charge >= 0.3 is 6.09 Å². The Bertz CT molecular complexity index is 545. The molecule has 0 heterocycles. The normalized spacial score (nSPS) is 16.0. The lowest BCUT2D eigenvalue weighted by molar-refractivity contribution is 0.0635. The molecule has 0 aromatic heterocycles. The van der Waals surface area contributed by atoms with Gasteiger partial charge in [-0.25, -0.2) is 4.79 Å². The predicted octanol–water partition coefficient (Wildman–Crippen LogP) is 3.42. The van der Waals surface area contributed by atoms with Crippen molar-refractivity contribution in [2.45, 2.75) is 51.0 Å². The highest BCUT2D eigenvalue weighted by atomic mass is 16.6. The smallest absolute Gasteiger partial charge is 0.412 e. The molecule has 0 bridgehead atoms. The number of anilines is 1. The molecule has 0 radical (unpaired) electrons. The van der Waals surface area contributed by atoms with Crippen molar-refractivity contribution >= 4 is 11.8 Å². The number of benzene rings is 1. The van der Waals surface area contributed by atoms with Crippen LogP contribution in [0.1, 0.15) is 45.6 Å². The Morgan fingerprint density at radius 2 is 2.05 bits per heavy atom. The first-order valence-corrected chi connectivity index (χ1v) is 7.68. The molecule has 1 amide bonds. The van der Waals surface area contributed by atoms with Crippen LogP contribution in [0.2, 0.25) is 0 Å². The molecule has 1 aliphatic carbocycles. The summed E-state index contributed by atoms with van der Waals surface area (Å²) in [6.07, 6.45) is 2.63. The van der Waals surface area contributed by atoms with Crippen LogP contribution in [0.3, 0.4) is 0 Å². The van der Waals surface area contributed by atoms with E-state index in [1.165, 1.54) is 0 Å². The number of methoxy groups -OCH3 is 1. The van der Waals surface area contributed by atoms with Gasteiger partial charge in [-0.15, -0.1) is 0 Å². The van der Waals surface area contributed by atoms with E-state index in [0.29, 0.717) is 6.54 Å². The summed E-state index contributed by atoms with van der Waals surface area (Å²) < 4.78 is 10.7. The zero-order valence-electron chi connectivity index (χ0n) is 13.9. The quantitative estimate of drug-likeness (QED) is 0.874. The summed E-state index contributed by atoms with van der Waals surface area (Å²) in [5.41, 5.74) is 7.16. The highest BCUT2D eigenvalue weighted by Crippen LogP contribution is 2.53. The zero-order chi connectivity index (χ0) is 16.4. The summed E-state index contributed by atoms with van der Waals surface area (Å²) in [6.45, 7) is 6.16. The number of carbonyl (C=O) groups excluding carboxylic acids is 1. The topological polar surface area (TPSA) is 73.6 Å². The first-order valence-electron chi connectivity index (χ1n) is 7.68. The van der Waals surface area contributed by atoms with Crippen molar-refractivity contribution in [3.8, 4) is 5.75 Å². The fraction of sp³-hybridized carbons (Fsp3) is 0.588. The van der Waals surface area contributed by atoms with Crippen molar-refractivity contribution in [1.29, 1.82) is 0 Å². The largest absolute Gasteiger partial charge is 0.497 e. The Hall–Kier alpha value is -1.75. The maximum atomic E-state index is 12.1. The summed E-state index contributed by atoms with van der Waals surface area (Å²) in [5, 5.41) is 2.87.